The van der Waals surface area contributed by atoms with Gasteiger partial charge in [0.05, 0.1) is 0 Å². The molecule has 2 heterocycles. The molecule has 0 fully saturated rings. The summed E-state index contributed by atoms with van der Waals surface area (Å²) in [6.45, 7) is 1.29. The van der Waals surface area contributed by atoms with E-state index in [0.717, 1.165) is 22.3 Å². The molecule has 6 heteroatoms. The van der Waals surface area contributed by atoms with Crippen LogP contribution >= 0.6 is 0 Å². The van der Waals surface area contributed by atoms with E-state index in [0.29, 0.717) is 25.3 Å². The number of rotatable bonds is 6. The Hall–Kier alpha value is -4.19. The molecule has 0 saturated carbocycles. The second-order valence-corrected chi connectivity index (χ2v) is 8.36. The highest BCUT2D eigenvalue weighted by Gasteiger charge is 2.30. The van der Waals surface area contributed by atoms with E-state index in [1.54, 1.807) is 11.9 Å². The van der Waals surface area contributed by atoms with Gasteiger partial charge in [-0.15, -0.1) is 0 Å². The van der Waals surface area contributed by atoms with E-state index in [9.17, 15) is 9.59 Å². The predicted octanol–water partition coefficient (Wildman–Crippen LogP) is 4.17. The number of fused-ring (bicyclic) bond motifs is 1. The van der Waals surface area contributed by atoms with Crippen LogP contribution < -0.4 is 10.3 Å². The first kappa shape index (κ1) is 21.6. The van der Waals surface area contributed by atoms with Gasteiger partial charge in [-0.2, -0.15) is 4.98 Å². The third-order valence-electron chi connectivity index (χ3n) is 6.11. The lowest BCUT2D eigenvalue weighted by Gasteiger charge is -2.29. The van der Waals surface area contributed by atoms with E-state index in [-0.39, 0.29) is 24.0 Å². The minimum absolute atomic E-state index is 0.0143. The first-order chi connectivity index (χ1) is 16.6. The third kappa shape index (κ3) is 4.22. The molecule has 0 saturated heterocycles. The van der Waals surface area contributed by atoms with E-state index in [4.69, 9.17) is 4.74 Å². The SMILES string of the molecule is CN1CCn2c(Cc3ccccc3-c3ccccc3)nc(=O)c(OCc3ccccc3)c2C1=O. The number of benzene rings is 3. The number of hydrogen-bond donors (Lipinski definition) is 0. The van der Waals surface area contributed by atoms with E-state index in [2.05, 4.69) is 23.2 Å². The van der Waals surface area contributed by atoms with Crippen molar-refractivity contribution in [2.45, 2.75) is 19.6 Å². The van der Waals surface area contributed by atoms with Crippen LogP contribution in [0.15, 0.2) is 89.7 Å². The summed E-state index contributed by atoms with van der Waals surface area (Å²) in [5.41, 5.74) is 3.89. The monoisotopic (exact) mass is 451 g/mol. The van der Waals surface area contributed by atoms with Gasteiger partial charge in [0.15, 0.2) is 5.69 Å². The first-order valence-corrected chi connectivity index (χ1v) is 11.3. The summed E-state index contributed by atoms with van der Waals surface area (Å²) in [4.78, 5) is 32.3. The third-order valence-corrected chi connectivity index (χ3v) is 6.11. The minimum atomic E-state index is -0.516. The molecular formula is C28H25N3O3. The van der Waals surface area contributed by atoms with Crippen molar-refractivity contribution in [1.82, 2.24) is 14.5 Å². The van der Waals surface area contributed by atoms with Gasteiger partial charge in [-0.3, -0.25) is 9.59 Å². The normalized spacial score (nSPS) is 13.0. The fourth-order valence-electron chi connectivity index (χ4n) is 4.31. The average Bonchev–Trinajstić information content (AvgIpc) is 2.87. The summed E-state index contributed by atoms with van der Waals surface area (Å²) in [5, 5.41) is 0. The van der Waals surface area contributed by atoms with Crippen LogP contribution in [-0.2, 0) is 19.6 Å². The van der Waals surface area contributed by atoms with Crippen molar-refractivity contribution in [2.24, 2.45) is 0 Å². The number of nitrogens with zero attached hydrogens (tertiary/aromatic N) is 3. The van der Waals surface area contributed by atoms with Gasteiger partial charge in [0.1, 0.15) is 12.4 Å². The van der Waals surface area contributed by atoms with Crippen LogP contribution in [0.4, 0.5) is 0 Å². The Kier molecular flexibility index (Phi) is 5.95. The average molecular weight is 452 g/mol. The molecule has 4 aromatic rings. The van der Waals surface area contributed by atoms with Crippen molar-refractivity contribution >= 4 is 5.91 Å². The van der Waals surface area contributed by atoms with Gasteiger partial charge in [-0.1, -0.05) is 84.9 Å². The van der Waals surface area contributed by atoms with Gasteiger partial charge in [0.25, 0.3) is 5.91 Å². The fraction of sp³-hybridized carbons (Fsp3) is 0.179. The summed E-state index contributed by atoms with van der Waals surface area (Å²) in [6.07, 6.45) is 0.434. The van der Waals surface area contributed by atoms with Crippen molar-refractivity contribution in [3.63, 3.8) is 0 Å². The topological polar surface area (TPSA) is 64.4 Å². The second-order valence-electron chi connectivity index (χ2n) is 8.36. The Morgan fingerprint density at radius 2 is 1.53 bits per heavy atom. The molecule has 0 unspecified atom stereocenters. The molecule has 0 atom stereocenters. The summed E-state index contributed by atoms with van der Waals surface area (Å²) < 4.78 is 7.75. The zero-order valence-corrected chi connectivity index (χ0v) is 19.0. The highest BCUT2D eigenvalue weighted by Crippen LogP contribution is 2.27. The molecule has 3 aromatic carbocycles. The van der Waals surface area contributed by atoms with Gasteiger partial charge < -0.3 is 14.2 Å². The Morgan fingerprint density at radius 3 is 2.29 bits per heavy atom. The van der Waals surface area contributed by atoms with Gasteiger partial charge in [0, 0.05) is 26.6 Å². The lowest BCUT2D eigenvalue weighted by atomic mass is 9.97. The van der Waals surface area contributed by atoms with Crippen LogP contribution in [0.3, 0.4) is 0 Å². The summed E-state index contributed by atoms with van der Waals surface area (Å²) in [5.74, 6) is 0.351. The van der Waals surface area contributed by atoms with Crippen LogP contribution in [0.2, 0.25) is 0 Å². The van der Waals surface area contributed by atoms with E-state index in [1.807, 2.05) is 71.3 Å². The molecule has 1 aromatic heterocycles. The Labute approximate surface area is 198 Å². The van der Waals surface area contributed by atoms with Crippen molar-refractivity contribution in [3.05, 3.63) is 118 Å². The molecule has 0 N–H and O–H groups in total. The second kappa shape index (κ2) is 9.35. The molecule has 1 aliphatic rings. The highest BCUT2D eigenvalue weighted by molar-refractivity contribution is 5.95. The molecule has 1 amide bonds. The highest BCUT2D eigenvalue weighted by atomic mass is 16.5. The Balaban J connectivity index is 1.56. The van der Waals surface area contributed by atoms with Gasteiger partial charge >= 0.3 is 5.56 Å². The first-order valence-electron chi connectivity index (χ1n) is 11.3. The largest absolute Gasteiger partial charge is 0.481 e. The summed E-state index contributed by atoms with van der Waals surface area (Å²) in [6, 6.07) is 27.8. The van der Waals surface area contributed by atoms with Crippen LogP contribution in [-0.4, -0.2) is 34.0 Å². The molecule has 0 bridgehead atoms. The maximum absolute atomic E-state index is 13.2. The number of hydrogen-bond acceptors (Lipinski definition) is 4. The molecule has 34 heavy (non-hydrogen) atoms. The van der Waals surface area contributed by atoms with Gasteiger partial charge in [0.2, 0.25) is 5.75 Å². The smallest absolute Gasteiger partial charge is 0.316 e. The Morgan fingerprint density at radius 1 is 0.853 bits per heavy atom. The molecule has 170 valence electrons. The number of ether oxygens (including phenoxy) is 1. The summed E-state index contributed by atoms with van der Waals surface area (Å²) in [7, 11) is 1.74. The van der Waals surface area contributed by atoms with Crippen LogP contribution in [0.25, 0.3) is 11.1 Å². The lowest BCUT2D eigenvalue weighted by molar-refractivity contribution is 0.0735. The maximum Gasteiger partial charge on any atom is 0.316 e. The molecule has 5 rings (SSSR count). The van der Waals surface area contributed by atoms with E-state index in [1.165, 1.54) is 0 Å². The standard InChI is InChI=1S/C28H25N3O3/c1-30-16-17-31-24(18-22-14-8-9-15-23(22)21-12-6-3-7-13-21)29-27(32)26(25(31)28(30)33)34-19-20-10-4-2-5-11-20/h2-15H,16-19H2,1H3. The van der Waals surface area contributed by atoms with Gasteiger partial charge in [-0.25, -0.2) is 0 Å². The summed E-state index contributed by atoms with van der Waals surface area (Å²) >= 11 is 0. The lowest BCUT2D eigenvalue weighted by Crippen LogP contribution is -2.41. The number of likely N-dealkylation sites (N-methyl/N-ethyl adjacent to an activating group) is 1. The van der Waals surface area contributed by atoms with Crippen molar-refractivity contribution < 1.29 is 9.53 Å². The van der Waals surface area contributed by atoms with E-state index < -0.39 is 5.56 Å². The molecule has 0 spiro atoms. The zero-order valence-electron chi connectivity index (χ0n) is 19.0. The number of amides is 1. The molecule has 0 radical (unpaired) electrons. The molecule has 0 aliphatic carbocycles. The van der Waals surface area contributed by atoms with Crippen molar-refractivity contribution in [1.29, 1.82) is 0 Å². The Bertz CT molecular complexity index is 1380. The van der Waals surface area contributed by atoms with Gasteiger partial charge in [-0.05, 0) is 22.3 Å². The maximum atomic E-state index is 13.2. The number of aromatic nitrogens is 2. The number of carbonyl (C=O) groups excluding carboxylic acids is 1. The van der Waals surface area contributed by atoms with Crippen LogP contribution in [0.1, 0.15) is 27.4 Å². The molecule has 1 aliphatic heterocycles. The fourth-order valence-corrected chi connectivity index (χ4v) is 4.31. The minimum Gasteiger partial charge on any atom is -0.481 e. The number of carbonyl (C=O) groups is 1. The van der Waals surface area contributed by atoms with E-state index >= 15 is 0 Å². The van der Waals surface area contributed by atoms with Crippen LogP contribution in [0.5, 0.6) is 5.75 Å². The van der Waals surface area contributed by atoms with Crippen LogP contribution in [0, 0.1) is 0 Å². The zero-order chi connectivity index (χ0) is 23.5. The quantitative estimate of drug-likeness (QED) is 0.442. The molecule has 6 nitrogen and oxygen atoms in total. The van der Waals surface area contributed by atoms with Crippen molar-refractivity contribution in [2.75, 3.05) is 13.6 Å². The predicted molar refractivity (Wildman–Crippen MR) is 131 cm³/mol. The van der Waals surface area contributed by atoms with Crippen molar-refractivity contribution in [3.8, 4) is 16.9 Å². The molecular weight excluding hydrogens is 426 g/mol.